The summed E-state index contributed by atoms with van der Waals surface area (Å²) in [6.07, 6.45) is 2.42. The highest BCUT2D eigenvalue weighted by Crippen LogP contribution is 2.28. The van der Waals surface area contributed by atoms with E-state index in [1.54, 1.807) is 18.2 Å². The maximum Gasteiger partial charge on any atom is 0.138 e. The highest BCUT2D eigenvalue weighted by Gasteiger charge is 2.28. The maximum absolute atomic E-state index is 14.1. The molecule has 0 atom stereocenters. The van der Waals surface area contributed by atoms with Gasteiger partial charge in [0, 0.05) is 18.2 Å². The average Bonchev–Trinajstić information content (AvgIpc) is 3.11. The van der Waals surface area contributed by atoms with E-state index in [0.717, 1.165) is 6.54 Å². The summed E-state index contributed by atoms with van der Waals surface area (Å²) in [5.41, 5.74) is 6.18. The molecule has 4 heteroatoms. The number of halogens is 1. The van der Waals surface area contributed by atoms with Gasteiger partial charge in [0.1, 0.15) is 11.7 Å². The molecule has 1 aromatic carbocycles. The van der Waals surface area contributed by atoms with Crippen molar-refractivity contribution in [1.82, 2.24) is 4.90 Å². The van der Waals surface area contributed by atoms with Crippen LogP contribution in [0.5, 0.6) is 0 Å². The van der Waals surface area contributed by atoms with Gasteiger partial charge in [-0.2, -0.15) is 0 Å². The lowest BCUT2D eigenvalue weighted by atomic mass is 10.1. The van der Waals surface area contributed by atoms with E-state index in [-0.39, 0.29) is 17.2 Å². The molecule has 1 fully saturated rings. The number of hydrogen-bond donors (Lipinski definition) is 2. The average molecular weight is 235 g/mol. The van der Waals surface area contributed by atoms with Gasteiger partial charge in [0.2, 0.25) is 0 Å². The first-order valence-corrected chi connectivity index (χ1v) is 5.99. The first kappa shape index (κ1) is 12.0. The number of rotatable bonds is 5. The standard InChI is InChI=1S/C13H18FN3/c1-2-17(10-6-7-10)8-9-4-3-5-11(12(9)14)13(15)16/h3-5,10H,2,6-8H2,1H3,(H3,15,16). The first-order valence-electron chi connectivity index (χ1n) is 5.99. The Morgan fingerprint density at radius 2 is 2.24 bits per heavy atom. The van der Waals surface area contributed by atoms with Crippen molar-refractivity contribution < 1.29 is 4.39 Å². The van der Waals surface area contributed by atoms with Crippen molar-refractivity contribution >= 4 is 5.84 Å². The molecule has 0 unspecified atom stereocenters. The van der Waals surface area contributed by atoms with E-state index in [0.29, 0.717) is 18.2 Å². The summed E-state index contributed by atoms with van der Waals surface area (Å²) in [5, 5.41) is 7.32. The van der Waals surface area contributed by atoms with Crippen LogP contribution < -0.4 is 5.73 Å². The minimum atomic E-state index is -0.348. The Balaban J connectivity index is 2.20. The van der Waals surface area contributed by atoms with E-state index >= 15 is 0 Å². The molecule has 0 amide bonds. The summed E-state index contributed by atoms with van der Waals surface area (Å²) in [6, 6.07) is 5.69. The zero-order chi connectivity index (χ0) is 12.4. The van der Waals surface area contributed by atoms with Crippen LogP contribution in [0.1, 0.15) is 30.9 Å². The third-order valence-corrected chi connectivity index (χ3v) is 3.21. The summed E-state index contributed by atoms with van der Waals surface area (Å²) in [5.74, 6) is -0.557. The van der Waals surface area contributed by atoms with E-state index in [2.05, 4.69) is 11.8 Å². The summed E-state index contributed by atoms with van der Waals surface area (Å²) in [6.45, 7) is 3.62. The van der Waals surface area contributed by atoms with Crippen molar-refractivity contribution in [2.75, 3.05) is 6.54 Å². The van der Waals surface area contributed by atoms with Crippen LogP contribution in [0.25, 0.3) is 0 Å². The summed E-state index contributed by atoms with van der Waals surface area (Å²) in [4.78, 5) is 2.27. The van der Waals surface area contributed by atoms with Crippen molar-refractivity contribution in [1.29, 1.82) is 5.41 Å². The van der Waals surface area contributed by atoms with Crippen LogP contribution in [0, 0.1) is 11.2 Å². The zero-order valence-electron chi connectivity index (χ0n) is 10.0. The molecule has 3 N–H and O–H groups in total. The van der Waals surface area contributed by atoms with E-state index < -0.39 is 0 Å². The topological polar surface area (TPSA) is 53.1 Å². The molecule has 1 aromatic rings. The smallest absolute Gasteiger partial charge is 0.138 e. The van der Waals surface area contributed by atoms with E-state index in [1.807, 2.05) is 0 Å². The van der Waals surface area contributed by atoms with Gasteiger partial charge >= 0.3 is 0 Å². The largest absolute Gasteiger partial charge is 0.384 e. The van der Waals surface area contributed by atoms with Crippen molar-refractivity contribution in [3.8, 4) is 0 Å². The lowest BCUT2D eigenvalue weighted by Gasteiger charge is -2.20. The first-order chi connectivity index (χ1) is 8.13. The predicted molar refractivity (Wildman–Crippen MR) is 66.5 cm³/mol. The fraction of sp³-hybridized carbons (Fsp3) is 0.462. The van der Waals surface area contributed by atoms with Crippen LogP contribution in [-0.2, 0) is 6.54 Å². The van der Waals surface area contributed by atoms with Crippen LogP contribution in [0.3, 0.4) is 0 Å². The maximum atomic E-state index is 14.1. The molecule has 92 valence electrons. The minimum Gasteiger partial charge on any atom is -0.384 e. The Morgan fingerprint density at radius 1 is 1.53 bits per heavy atom. The highest BCUT2D eigenvalue weighted by molar-refractivity contribution is 5.95. The summed E-state index contributed by atoms with van der Waals surface area (Å²) < 4.78 is 14.1. The molecule has 0 aliphatic heterocycles. The van der Waals surface area contributed by atoms with Gasteiger partial charge in [0.25, 0.3) is 0 Å². The second-order valence-corrected chi connectivity index (χ2v) is 4.49. The molecule has 2 rings (SSSR count). The molecule has 1 saturated carbocycles. The Kier molecular flexibility index (Phi) is 3.43. The highest BCUT2D eigenvalue weighted by atomic mass is 19.1. The van der Waals surface area contributed by atoms with E-state index in [4.69, 9.17) is 11.1 Å². The third kappa shape index (κ3) is 2.64. The third-order valence-electron chi connectivity index (χ3n) is 3.21. The summed E-state index contributed by atoms with van der Waals surface area (Å²) >= 11 is 0. The van der Waals surface area contributed by atoms with Gasteiger partial charge in [0.15, 0.2) is 0 Å². The molecule has 17 heavy (non-hydrogen) atoms. The van der Waals surface area contributed by atoms with Gasteiger partial charge in [-0.25, -0.2) is 4.39 Å². The number of nitrogens with two attached hydrogens (primary N) is 1. The molecule has 0 saturated heterocycles. The second kappa shape index (κ2) is 4.84. The zero-order valence-corrected chi connectivity index (χ0v) is 10.0. The predicted octanol–water partition coefficient (Wildman–Crippen LogP) is 2.09. The van der Waals surface area contributed by atoms with E-state index in [9.17, 15) is 4.39 Å². The SMILES string of the molecule is CCN(Cc1cccc(C(=N)N)c1F)C1CC1. The molecule has 0 bridgehead atoms. The molecule has 3 nitrogen and oxygen atoms in total. The normalized spacial score (nSPS) is 15.2. The van der Waals surface area contributed by atoms with Crippen LogP contribution in [-0.4, -0.2) is 23.3 Å². The Morgan fingerprint density at radius 3 is 2.76 bits per heavy atom. The minimum absolute atomic E-state index is 0.203. The number of nitrogens with zero attached hydrogens (tertiary/aromatic N) is 1. The van der Waals surface area contributed by atoms with Crippen LogP contribution in [0.4, 0.5) is 4.39 Å². The second-order valence-electron chi connectivity index (χ2n) is 4.49. The van der Waals surface area contributed by atoms with Crippen molar-refractivity contribution in [2.45, 2.75) is 32.4 Å². The molecular weight excluding hydrogens is 217 g/mol. The van der Waals surface area contributed by atoms with Gasteiger partial charge < -0.3 is 5.73 Å². The Bertz CT molecular complexity index is 427. The lowest BCUT2D eigenvalue weighted by Crippen LogP contribution is -2.26. The summed E-state index contributed by atoms with van der Waals surface area (Å²) in [7, 11) is 0. The molecular formula is C13H18FN3. The van der Waals surface area contributed by atoms with Gasteiger partial charge in [-0.1, -0.05) is 19.1 Å². The number of nitrogen functional groups attached to an aromatic ring is 1. The molecule has 0 radical (unpaired) electrons. The molecule has 0 spiro atoms. The fourth-order valence-corrected chi connectivity index (χ4v) is 2.07. The fourth-order valence-electron chi connectivity index (χ4n) is 2.07. The van der Waals surface area contributed by atoms with Crippen LogP contribution in [0.2, 0.25) is 0 Å². The number of nitrogens with one attached hydrogen (secondary N) is 1. The molecule has 1 aliphatic rings. The number of hydrogen-bond acceptors (Lipinski definition) is 2. The Hall–Kier alpha value is -1.42. The van der Waals surface area contributed by atoms with Crippen LogP contribution >= 0.6 is 0 Å². The van der Waals surface area contributed by atoms with Crippen LogP contribution in [0.15, 0.2) is 18.2 Å². The quantitative estimate of drug-likeness (QED) is 0.606. The lowest BCUT2D eigenvalue weighted by molar-refractivity contribution is 0.265. The molecule has 1 aliphatic carbocycles. The Labute approximate surface area is 101 Å². The van der Waals surface area contributed by atoms with Crippen molar-refractivity contribution in [3.05, 3.63) is 35.1 Å². The monoisotopic (exact) mass is 235 g/mol. The molecule has 0 aromatic heterocycles. The van der Waals surface area contributed by atoms with Gasteiger partial charge in [-0.3, -0.25) is 10.3 Å². The van der Waals surface area contributed by atoms with Gasteiger partial charge in [-0.15, -0.1) is 0 Å². The van der Waals surface area contributed by atoms with Gasteiger partial charge in [0.05, 0.1) is 5.56 Å². The van der Waals surface area contributed by atoms with Crippen molar-refractivity contribution in [3.63, 3.8) is 0 Å². The van der Waals surface area contributed by atoms with Gasteiger partial charge in [-0.05, 0) is 25.5 Å². The molecule has 0 heterocycles. The van der Waals surface area contributed by atoms with Crippen molar-refractivity contribution in [2.24, 2.45) is 5.73 Å². The van der Waals surface area contributed by atoms with E-state index in [1.165, 1.54) is 12.8 Å². The number of amidine groups is 1. The number of benzene rings is 1.